The Hall–Kier alpha value is -0.540. The number of nitrogens with two attached hydrogens (primary N) is 1. The van der Waals surface area contributed by atoms with Gasteiger partial charge in [-0.2, -0.15) is 0 Å². The fraction of sp³-hybridized carbons (Fsp3) is 0.966. The van der Waals surface area contributed by atoms with Crippen LogP contribution >= 0.6 is 7.82 Å². The Kier molecular flexibility index (Phi) is 26.0. The van der Waals surface area contributed by atoms with Gasteiger partial charge in [-0.3, -0.25) is 13.8 Å². The number of aliphatic hydroxyl groups is 2. The first-order valence-corrected chi connectivity index (χ1v) is 17.2. The minimum atomic E-state index is -4.35. The van der Waals surface area contributed by atoms with Crippen LogP contribution in [0.5, 0.6) is 0 Å². The van der Waals surface area contributed by atoms with Crippen molar-refractivity contribution in [2.45, 2.75) is 161 Å². The van der Waals surface area contributed by atoms with E-state index in [1.165, 1.54) is 70.6 Å². The number of carbonyl (C=O) groups excluding carboxylic acids is 1. The second kappa shape index (κ2) is 26.4. The van der Waals surface area contributed by atoms with Crippen LogP contribution in [-0.2, 0) is 18.4 Å². The van der Waals surface area contributed by atoms with Crippen molar-refractivity contribution in [3.8, 4) is 0 Å². The summed E-state index contributed by atoms with van der Waals surface area (Å²) in [6.07, 6.45) is 18.8. The molecule has 0 radical (unpaired) electrons. The van der Waals surface area contributed by atoms with Gasteiger partial charge in [0, 0.05) is 6.54 Å². The zero-order chi connectivity index (χ0) is 29.2. The fourth-order valence-corrected chi connectivity index (χ4v) is 5.35. The first kappa shape index (κ1) is 38.5. The van der Waals surface area contributed by atoms with Crippen molar-refractivity contribution in [2.75, 3.05) is 19.8 Å². The van der Waals surface area contributed by atoms with E-state index >= 15 is 0 Å². The number of nitrogens with one attached hydrogen (secondary N) is 1. The van der Waals surface area contributed by atoms with Gasteiger partial charge in [-0.1, -0.05) is 123 Å². The first-order valence-electron chi connectivity index (χ1n) is 15.7. The summed E-state index contributed by atoms with van der Waals surface area (Å²) in [5.41, 5.74) is 5.31. The highest BCUT2D eigenvalue weighted by molar-refractivity contribution is 7.47. The van der Waals surface area contributed by atoms with E-state index in [1.807, 2.05) is 0 Å². The second-order valence-electron chi connectivity index (χ2n) is 10.9. The van der Waals surface area contributed by atoms with Crippen LogP contribution in [0.1, 0.15) is 142 Å². The largest absolute Gasteiger partial charge is 0.472 e. The molecule has 9 nitrogen and oxygen atoms in total. The smallest absolute Gasteiger partial charge is 0.393 e. The van der Waals surface area contributed by atoms with Crippen LogP contribution < -0.4 is 11.1 Å². The summed E-state index contributed by atoms with van der Waals surface area (Å²) >= 11 is 0. The molecule has 0 aromatic carbocycles. The second-order valence-corrected chi connectivity index (χ2v) is 12.3. The highest BCUT2D eigenvalue weighted by atomic mass is 31.2. The molecule has 0 spiro atoms. The average molecular weight is 581 g/mol. The van der Waals surface area contributed by atoms with Gasteiger partial charge in [0.05, 0.1) is 37.9 Å². The van der Waals surface area contributed by atoms with Crippen molar-refractivity contribution in [1.29, 1.82) is 0 Å². The number of rotatable bonds is 29. The van der Waals surface area contributed by atoms with Gasteiger partial charge in [-0.05, 0) is 12.8 Å². The van der Waals surface area contributed by atoms with Crippen molar-refractivity contribution in [3.63, 3.8) is 0 Å². The number of phosphoric acid groups is 1. The molecule has 0 aliphatic heterocycles. The summed E-state index contributed by atoms with van der Waals surface area (Å²) in [5.74, 6) is -0.420. The molecule has 0 heterocycles. The zero-order valence-corrected chi connectivity index (χ0v) is 25.9. The molecule has 0 aromatic rings. The zero-order valence-electron chi connectivity index (χ0n) is 25.0. The number of aliphatic hydroxyl groups excluding tert-OH is 2. The Morgan fingerprint density at radius 3 is 1.72 bits per heavy atom. The van der Waals surface area contributed by atoms with E-state index in [9.17, 15) is 24.5 Å². The lowest BCUT2D eigenvalue weighted by molar-refractivity contribution is -0.125. The van der Waals surface area contributed by atoms with E-state index in [0.29, 0.717) is 12.8 Å². The van der Waals surface area contributed by atoms with Crippen molar-refractivity contribution in [2.24, 2.45) is 5.73 Å². The quantitative estimate of drug-likeness (QED) is 0.0524. The fourth-order valence-electron chi connectivity index (χ4n) is 4.59. The standard InChI is InChI=1S/C29H61N2O7P/c1-3-5-7-9-11-12-13-15-17-19-21-28(33)27(25-38-39(35,36)37-23-22-30)31-29(34)24-26(32)20-18-16-14-10-8-6-4-2/h26-28,32-33H,3-25,30H2,1-2H3,(H,31,34)(H,35,36). The Morgan fingerprint density at radius 1 is 0.769 bits per heavy atom. The van der Waals surface area contributed by atoms with E-state index in [-0.39, 0.29) is 26.2 Å². The van der Waals surface area contributed by atoms with E-state index in [2.05, 4.69) is 19.2 Å². The highest BCUT2D eigenvalue weighted by Crippen LogP contribution is 2.43. The lowest BCUT2D eigenvalue weighted by Crippen LogP contribution is -2.47. The molecular formula is C29H61N2O7P. The molecule has 1 amide bonds. The average Bonchev–Trinajstić information content (AvgIpc) is 2.90. The Morgan fingerprint density at radius 2 is 1.23 bits per heavy atom. The van der Waals surface area contributed by atoms with Crippen LogP contribution in [0.25, 0.3) is 0 Å². The topological polar surface area (TPSA) is 151 Å². The molecule has 10 heteroatoms. The number of unbranched alkanes of at least 4 members (excludes halogenated alkanes) is 15. The lowest BCUT2D eigenvalue weighted by Gasteiger charge is -2.25. The van der Waals surface area contributed by atoms with Gasteiger partial charge in [0.2, 0.25) is 5.91 Å². The molecule has 0 saturated heterocycles. The first-order chi connectivity index (χ1) is 18.8. The maximum absolute atomic E-state index is 12.6. The molecule has 0 aromatic heterocycles. The molecule has 0 aliphatic rings. The van der Waals surface area contributed by atoms with Gasteiger partial charge in [-0.25, -0.2) is 4.57 Å². The molecule has 39 heavy (non-hydrogen) atoms. The minimum Gasteiger partial charge on any atom is -0.393 e. The molecule has 6 N–H and O–H groups in total. The lowest BCUT2D eigenvalue weighted by atomic mass is 10.0. The third-order valence-corrected chi connectivity index (χ3v) is 8.00. The Bertz CT molecular complexity index is 612. The van der Waals surface area contributed by atoms with E-state index in [0.717, 1.165) is 38.5 Å². The van der Waals surface area contributed by atoms with Gasteiger partial charge in [0.25, 0.3) is 0 Å². The van der Waals surface area contributed by atoms with Gasteiger partial charge in [-0.15, -0.1) is 0 Å². The number of phosphoric ester groups is 1. The third kappa shape index (κ3) is 24.9. The van der Waals surface area contributed by atoms with E-state index < -0.39 is 32.0 Å². The van der Waals surface area contributed by atoms with Crippen molar-refractivity contribution in [3.05, 3.63) is 0 Å². The van der Waals surface area contributed by atoms with Crippen LogP contribution in [0.3, 0.4) is 0 Å². The summed E-state index contributed by atoms with van der Waals surface area (Å²) in [4.78, 5) is 22.4. The summed E-state index contributed by atoms with van der Waals surface area (Å²) in [7, 11) is -4.35. The molecule has 0 fully saturated rings. The van der Waals surface area contributed by atoms with Gasteiger partial charge >= 0.3 is 7.82 Å². The molecular weight excluding hydrogens is 519 g/mol. The van der Waals surface area contributed by atoms with Crippen molar-refractivity contribution < 1.29 is 33.5 Å². The third-order valence-electron chi connectivity index (χ3n) is 7.02. The van der Waals surface area contributed by atoms with Gasteiger partial charge in [0.1, 0.15) is 0 Å². The minimum absolute atomic E-state index is 0.0616. The van der Waals surface area contributed by atoms with Gasteiger partial charge < -0.3 is 26.2 Å². The summed E-state index contributed by atoms with van der Waals surface area (Å²) in [6.45, 7) is 3.95. The Balaban J connectivity index is 4.52. The van der Waals surface area contributed by atoms with Crippen LogP contribution in [0.2, 0.25) is 0 Å². The van der Waals surface area contributed by atoms with Gasteiger partial charge in [0.15, 0.2) is 0 Å². The van der Waals surface area contributed by atoms with E-state index in [1.54, 1.807) is 0 Å². The molecule has 0 bridgehead atoms. The number of amides is 1. The summed E-state index contributed by atoms with van der Waals surface area (Å²) in [5, 5.41) is 23.8. The van der Waals surface area contributed by atoms with Crippen LogP contribution in [0.4, 0.5) is 0 Å². The normalized spacial score (nSPS) is 15.5. The SMILES string of the molecule is CCCCCCCCCCCCC(O)C(COP(=O)(O)OCCN)NC(=O)CC(O)CCCCCCCCC. The maximum Gasteiger partial charge on any atom is 0.472 e. The van der Waals surface area contributed by atoms with Crippen LogP contribution in [-0.4, -0.2) is 59.0 Å². The van der Waals surface area contributed by atoms with E-state index in [4.69, 9.17) is 14.8 Å². The maximum atomic E-state index is 12.6. The summed E-state index contributed by atoms with van der Waals surface area (Å²) < 4.78 is 21.9. The predicted molar refractivity (Wildman–Crippen MR) is 158 cm³/mol. The Labute approximate surface area is 238 Å². The van der Waals surface area contributed by atoms with Crippen LogP contribution in [0.15, 0.2) is 0 Å². The molecule has 0 aliphatic carbocycles. The number of carbonyl (C=O) groups is 1. The predicted octanol–water partition coefficient (Wildman–Crippen LogP) is 6.13. The highest BCUT2D eigenvalue weighted by Gasteiger charge is 2.28. The molecule has 234 valence electrons. The molecule has 4 atom stereocenters. The van der Waals surface area contributed by atoms with Crippen LogP contribution in [0, 0.1) is 0 Å². The molecule has 0 rings (SSSR count). The number of hydrogen-bond acceptors (Lipinski definition) is 7. The monoisotopic (exact) mass is 580 g/mol. The van der Waals surface area contributed by atoms with Crippen molar-refractivity contribution in [1.82, 2.24) is 5.32 Å². The molecule has 0 saturated carbocycles. The number of hydrogen-bond donors (Lipinski definition) is 5. The summed E-state index contributed by atoms with van der Waals surface area (Å²) in [6, 6.07) is -0.885. The molecule has 4 unspecified atom stereocenters. The van der Waals surface area contributed by atoms with Crippen molar-refractivity contribution >= 4 is 13.7 Å².